The molecule has 0 saturated carbocycles. The number of aromatic nitrogens is 3. The van der Waals surface area contributed by atoms with Gasteiger partial charge in [0.05, 0.1) is 16.6 Å². The number of nitrogens with one attached hydrogen (secondary N) is 1. The van der Waals surface area contributed by atoms with Crippen LogP contribution in [-0.2, 0) is 0 Å². The summed E-state index contributed by atoms with van der Waals surface area (Å²) in [7, 11) is 0. The van der Waals surface area contributed by atoms with E-state index in [-0.39, 0.29) is 27.5 Å². The van der Waals surface area contributed by atoms with Crippen molar-refractivity contribution in [3.63, 3.8) is 0 Å². The Morgan fingerprint density at radius 2 is 1.83 bits per heavy atom. The van der Waals surface area contributed by atoms with Crippen molar-refractivity contribution in [1.29, 1.82) is 0 Å². The van der Waals surface area contributed by atoms with Crippen LogP contribution in [0.2, 0.25) is 0 Å². The lowest BCUT2D eigenvalue weighted by atomic mass is 10.1. The fourth-order valence-electron chi connectivity index (χ4n) is 2.59. The molecule has 2 aromatic heterocycles. The van der Waals surface area contributed by atoms with Crippen LogP contribution in [0.15, 0.2) is 47.4 Å². The van der Waals surface area contributed by atoms with Crippen molar-refractivity contribution in [3.05, 3.63) is 70.4 Å². The van der Waals surface area contributed by atoms with E-state index in [1.807, 2.05) is 0 Å². The highest BCUT2D eigenvalue weighted by atomic mass is 19.1. The number of H-pyrrole nitrogens is 1. The Morgan fingerprint density at radius 3 is 2.61 bits per heavy atom. The molecule has 0 aliphatic rings. The summed E-state index contributed by atoms with van der Waals surface area (Å²) in [5.41, 5.74) is -0.0184. The average molecular weight is 315 g/mol. The maximum absolute atomic E-state index is 13.8. The van der Waals surface area contributed by atoms with Gasteiger partial charge in [-0.2, -0.15) is 0 Å². The van der Waals surface area contributed by atoms with Gasteiger partial charge >= 0.3 is 0 Å². The van der Waals surface area contributed by atoms with E-state index in [0.29, 0.717) is 0 Å². The number of aromatic amines is 1. The second kappa shape index (κ2) is 4.70. The van der Waals surface area contributed by atoms with Crippen LogP contribution < -0.4 is 5.56 Å². The van der Waals surface area contributed by atoms with E-state index in [1.54, 1.807) is 0 Å². The highest BCUT2D eigenvalue weighted by molar-refractivity contribution is 6.02. The summed E-state index contributed by atoms with van der Waals surface area (Å²) in [6, 6.07) is 7.24. The highest BCUT2D eigenvalue weighted by Gasteiger charge is 2.15. The van der Waals surface area contributed by atoms with Crippen molar-refractivity contribution in [2.24, 2.45) is 0 Å². The van der Waals surface area contributed by atoms with Gasteiger partial charge < -0.3 is 0 Å². The van der Waals surface area contributed by atoms with Crippen LogP contribution in [0.25, 0.3) is 27.5 Å². The second-order valence-corrected chi connectivity index (χ2v) is 5.06. The molecule has 0 spiro atoms. The SMILES string of the molecule is O=c1c2cnc3c(F)cc(F)cc3c2[nH]n1-c1cccc(F)c1. The Bertz CT molecular complexity index is 1130. The maximum atomic E-state index is 13.8. The fourth-order valence-corrected chi connectivity index (χ4v) is 2.59. The Labute approximate surface area is 126 Å². The predicted octanol–water partition coefficient (Wildman–Crippen LogP) is 3.28. The number of nitrogens with zero attached hydrogens (tertiary/aromatic N) is 2. The lowest BCUT2D eigenvalue weighted by molar-refractivity contribution is 0.590. The lowest BCUT2D eigenvalue weighted by Crippen LogP contribution is -2.14. The average Bonchev–Trinajstić information content (AvgIpc) is 2.85. The van der Waals surface area contributed by atoms with Crippen LogP contribution in [0.5, 0.6) is 0 Å². The minimum atomic E-state index is -0.818. The van der Waals surface area contributed by atoms with Crippen LogP contribution in [0.4, 0.5) is 13.2 Å². The topological polar surface area (TPSA) is 50.7 Å². The van der Waals surface area contributed by atoms with Crippen molar-refractivity contribution in [2.75, 3.05) is 0 Å². The molecule has 4 rings (SSSR count). The summed E-state index contributed by atoms with van der Waals surface area (Å²) in [6.07, 6.45) is 1.22. The third-order valence-corrected chi connectivity index (χ3v) is 3.61. The largest absolute Gasteiger partial charge is 0.290 e. The molecule has 0 unspecified atom stereocenters. The van der Waals surface area contributed by atoms with Crippen molar-refractivity contribution < 1.29 is 13.2 Å². The van der Waals surface area contributed by atoms with E-state index in [2.05, 4.69) is 10.1 Å². The van der Waals surface area contributed by atoms with Crippen molar-refractivity contribution >= 4 is 21.8 Å². The zero-order chi connectivity index (χ0) is 16.1. The van der Waals surface area contributed by atoms with Crippen molar-refractivity contribution in [3.8, 4) is 5.69 Å². The van der Waals surface area contributed by atoms with Gasteiger partial charge in [-0.15, -0.1) is 0 Å². The lowest BCUT2D eigenvalue weighted by Gasteiger charge is -2.01. The minimum Gasteiger partial charge on any atom is -0.290 e. The third kappa shape index (κ3) is 2.01. The van der Waals surface area contributed by atoms with Gasteiger partial charge in [-0.25, -0.2) is 17.9 Å². The Balaban J connectivity index is 2.12. The van der Waals surface area contributed by atoms with E-state index in [4.69, 9.17) is 0 Å². The van der Waals surface area contributed by atoms with Gasteiger partial charge in [0.1, 0.15) is 17.2 Å². The van der Waals surface area contributed by atoms with Crippen LogP contribution in [0.1, 0.15) is 0 Å². The van der Waals surface area contributed by atoms with Gasteiger partial charge in [0, 0.05) is 17.6 Å². The van der Waals surface area contributed by atoms with Crippen LogP contribution in [0.3, 0.4) is 0 Å². The van der Waals surface area contributed by atoms with E-state index in [1.165, 1.54) is 30.5 Å². The number of rotatable bonds is 1. The number of fused-ring (bicyclic) bond motifs is 3. The smallest absolute Gasteiger partial charge is 0.280 e. The fraction of sp³-hybridized carbons (Fsp3) is 0. The maximum Gasteiger partial charge on any atom is 0.280 e. The van der Waals surface area contributed by atoms with Gasteiger partial charge in [0.15, 0.2) is 5.82 Å². The monoisotopic (exact) mass is 315 g/mol. The van der Waals surface area contributed by atoms with E-state index >= 15 is 0 Å². The molecule has 0 aliphatic carbocycles. The van der Waals surface area contributed by atoms with Crippen LogP contribution in [0, 0.1) is 17.5 Å². The quantitative estimate of drug-likeness (QED) is 0.586. The number of hydrogen-bond donors (Lipinski definition) is 1. The number of hydrogen-bond acceptors (Lipinski definition) is 2. The summed E-state index contributed by atoms with van der Waals surface area (Å²) in [6.45, 7) is 0. The van der Waals surface area contributed by atoms with Crippen molar-refractivity contribution in [1.82, 2.24) is 14.8 Å². The first-order valence-electron chi connectivity index (χ1n) is 6.69. The van der Waals surface area contributed by atoms with Crippen LogP contribution in [-0.4, -0.2) is 14.8 Å². The normalized spacial score (nSPS) is 11.4. The van der Waals surface area contributed by atoms with Crippen LogP contribution >= 0.6 is 0 Å². The van der Waals surface area contributed by atoms with Crippen molar-refractivity contribution in [2.45, 2.75) is 0 Å². The van der Waals surface area contributed by atoms with Gasteiger partial charge in [-0.3, -0.25) is 14.9 Å². The summed E-state index contributed by atoms with van der Waals surface area (Å²) < 4.78 is 41.8. The molecule has 2 heterocycles. The molecule has 4 nitrogen and oxygen atoms in total. The molecule has 4 aromatic rings. The molecule has 23 heavy (non-hydrogen) atoms. The highest BCUT2D eigenvalue weighted by Crippen LogP contribution is 2.24. The number of halogens is 3. The van der Waals surface area contributed by atoms with Gasteiger partial charge in [-0.05, 0) is 24.3 Å². The zero-order valence-corrected chi connectivity index (χ0v) is 11.5. The first kappa shape index (κ1) is 13.6. The molecule has 0 bridgehead atoms. The molecular formula is C16H8F3N3O. The van der Waals surface area contributed by atoms with E-state index in [9.17, 15) is 18.0 Å². The molecule has 0 aliphatic heterocycles. The van der Waals surface area contributed by atoms with Gasteiger partial charge in [0.2, 0.25) is 0 Å². The second-order valence-electron chi connectivity index (χ2n) is 5.06. The Hall–Kier alpha value is -3.09. The third-order valence-electron chi connectivity index (χ3n) is 3.61. The minimum absolute atomic E-state index is 0.0495. The summed E-state index contributed by atoms with van der Waals surface area (Å²) in [5, 5.41) is 3.07. The molecule has 2 aromatic carbocycles. The molecule has 1 N–H and O–H groups in total. The predicted molar refractivity (Wildman–Crippen MR) is 79.1 cm³/mol. The number of benzene rings is 2. The van der Waals surface area contributed by atoms with E-state index in [0.717, 1.165) is 16.8 Å². The molecule has 0 amide bonds. The van der Waals surface area contributed by atoms with Gasteiger partial charge in [0.25, 0.3) is 5.56 Å². The molecule has 0 atom stereocenters. The zero-order valence-electron chi connectivity index (χ0n) is 11.5. The molecule has 0 saturated heterocycles. The number of pyridine rings is 1. The van der Waals surface area contributed by atoms with E-state index < -0.39 is 23.0 Å². The summed E-state index contributed by atoms with van der Waals surface area (Å²) >= 11 is 0. The molecule has 0 fully saturated rings. The molecule has 114 valence electrons. The first-order chi connectivity index (χ1) is 11.0. The van der Waals surface area contributed by atoms with Gasteiger partial charge in [-0.1, -0.05) is 6.07 Å². The summed E-state index contributed by atoms with van der Waals surface area (Å²) in [5.74, 6) is -2.10. The summed E-state index contributed by atoms with van der Waals surface area (Å²) in [4.78, 5) is 16.3. The Morgan fingerprint density at radius 1 is 1.00 bits per heavy atom. The first-order valence-corrected chi connectivity index (χ1v) is 6.69. The molecular weight excluding hydrogens is 307 g/mol. The molecule has 0 radical (unpaired) electrons. The standard InChI is InChI=1S/C16H8F3N3O/c17-8-2-1-3-10(4-8)22-16(23)12-7-20-15-11(14(12)21-22)5-9(18)6-13(15)19/h1-7,21H. The Kier molecular flexibility index (Phi) is 2.77. The molecule has 7 heteroatoms.